The van der Waals surface area contributed by atoms with Gasteiger partial charge in [-0.05, 0) is 24.5 Å². The summed E-state index contributed by atoms with van der Waals surface area (Å²) in [7, 11) is -3.44. The lowest BCUT2D eigenvalue weighted by Crippen LogP contribution is -2.42. The lowest BCUT2D eigenvalue weighted by atomic mass is 10.1. The first kappa shape index (κ1) is 16.9. The fraction of sp³-hybridized carbons (Fsp3) is 0.571. The predicted octanol–water partition coefficient (Wildman–Crippen LogP) is 1.75. The van der Waals surface area contributed by atoms with E-state index in [-0.39, 0.29) is 17.7 Å². The lowest BCUT2D eigenvalue weighted by molar-refractivity contribution is 0.116. The molecule has 0 saturated carbocycles. The van der Waals surface area contributed by atoms with Crippen LogP contribution < -0.4 is 10.5 Å². The van der Waals surface area contributed by atoms with Gasteiger partial charge in [-0.15, -0.1) is 0 Å². The number of hydrogen-bond acceptors (Lipinski definition) is 4. The lowest BCUT2D eigenvalue weighted by Gasteiger charge is -2.22. The van der Waals surface area contributed by atoms with E-state index in [1.165, 1.54) is 0 Å². The molecule has 1 unspecified atom stereocenters. The fourth-order valence-electron chi connectivity index (χ4n) is 1.75. The van der Waals surface area contributed by atoms with Crippen molar-refractivity contribution in [3.8, 4) is 0 Å². The van der Waals surface area contributed by atoms with E-state index in [1.807, 2.05) is 20.8 Å². The Morgan fingerprint density at radius 3 is 2.50 bits per heavy atom. The predicted molar refractivity (Wildman–Crippen MR) is 81.7 cm³/mol. The van der Waals surface area contributed by atoms with Crippen molar-refractivity contribution in [3.63, 3.8) is 0 Å². The van der Waals surface area contributed by atoms with Crippen LogP contribution in [-0.2, 0) is 20.5 Å². The highest BCUT2D eigenvalue weighted by Gasteiger charge is 2.21. The number of para-hydroxylation sites is 1. The smallest absolute Gasteiger partial charge is 0.216 e. The van der Waals surface area contributed by atoms with E-state index in [0.717, 1.165) is 0 Å². The Morgan fingerprint density at radius 2 is 1.95 bits per heavy atom. The largest absolute Gasteiger partial charge is 0.398 e. The van der Waals surface area contributed by atoms with Gasteiger partial charge in [-0.1, -0.05) is 32.0 Å². The summed E-state index contributed by atoms with van der Waals surface area (Å²) in [6.07, 6.45) is 0. The number of nitrogens with two attached hydrogens (primary N) is 1. The number of rotatable bonds is 8. The van der Waals surface area contributed by atoms with E-state index >= 15 is 0 Å². The van der Waals surface area contributed by atoms with Gasteiger partial charge >= 0.3 is 0 Å². The van der Waals surface area contributed by atoms with E-state index in [0.29, 0.717) is 24.5 Å². The van der Waals surface area contributed by atoms with Crippen molar-refractivity contribution in [3.05, 3.63) is 29.8 Å². The molecule has 0 aliphatic carbocycles. The van der Waals surface area contributed by atoms with Crippen LogP contribution in [0.5, 0.6) is 0 Å². The molecular weight excluding hydrogens is 276 g/mol. The first-order valence-corrected chi connectivity index (χ1v) is 8.42. The number of nitrogens with one attached hydrogen (secondary N) is 1. The Labute approximate surface area is 121 Å². The average molecular weight is 300 g/mol. The number of anilines is 1. The summed E-state index contributed by atoms with van der Waals surface area (Å²) in [6, 6.07) is 6.75. The molecule has 0 bridgehead atoms. The summed E-state index contributed by atoms with van der Waals surface area (Å²) >= 11 is 0. The molecule has 0 amide bonds. The standard InChI is InChI=1S/C14H24N2O3S/c1-4-19-9-14(11(2)3)16-20(17,18)10-12-7-5-6-8-13(12)15/h5-8,11,14,16H,4,9-10,15H2,1-3H3. The highest BCUT2D eigenvalue weighted by molar-refractivity contribution is 7.88. The summed E-state index contributed by atoms with van der Waals surface area (Å²) in [6.45, 7) is 6.75. The molecule has 0 aromatic heterocycles. The van der Waals surface area contributed by atoms with Crippen LogP contribution in [0, 0.1) is 5.92 Å². The molecule has 114 valence electrons. The van der Waals surface area contributed by atoms with E-state index in [1.54, 1.807) is 24.3 Å². The van der Waals surface area contributed by atoms with Crippen molar-refractivity contribution < 1.29 is 13.2 Å². The number of ether oxygens (including phenoxy) is 1. The topological polar surface area (TPSA) is 81.4 Å². The summed E-state index contributed by atoms with van der Waals surface area (Å²) in [5, 5.41) is 0. The Hall–Kier alpha value is -1.11. The van der Waals surface area contributed by atoms with Gasteiger partial charge in [-0.25, -0.2) is 13.1 Å². The fourth-order valence-corrected chi connectivity index (χ4v) is 3.31. The van der Waals surface area contributed by atoms with Crippen molar-refractivity contribution in [1.82, 2.24) is 4.72 Å². The van der Waals surface area contributed by atoms with Crippen LogP contribution in [0.3, 0.4) is 0 Å². The van der Waals surface area contributed by atoms with Crippen molar-refractivity contribution in [2.45, 2.75) is 32.6 Å². The maximum absolute atomic E-state index is 12.2. The van der Waals surface area contributed by atoms with Crippen LogP contribution in [0.1, 0.15) is 26.3 Å². The molecule has 20 heavy (non-hydrogen) atoms. The van der Waals surface area contributed by atoms with Crippen LogP contribution in [-0.4, -0.2) is 27.7 Å². The molecule has 1 atom stereocenters. The molecule has 6 heteroatoms. The van der Waals surface area contributed by atoms with Gasteiger partial charge in [0, 0.05) is 18.3 Å². The van der Waals surface area contributed by atoms with Crippen molar-refractivity contribution in [1.29, 1.82) is 0 Å². The van der Waals surface area contributed by atoms with Crippen LogP contribution in [0.25, 0.3) is 0 Å². The van der Waals surface area contributed by atoms with E-state index in [9.17, 15) is 8.42 Å². The first-order valence-electron chi connectivity index (χ1n) is 6.77. The quantitative estimate of drug-likeness (QED) is 0.717. The van der Waals surface area contributed by atoms with Crippen LogP contribution >= 0.6 is 0 Å². The number of benzene rings is 1. The molecule has 3 N–H and O–H groups in total. The zero-order valence-electron chi connectivity index (χ0n) is 12.3. The molecule has 0 radical (unpaired) electrons. The van der Waals surface area contributed by atoms with Crippen LogP contribution in [0.15, 0.2) is 24.3 Å². The summed E-state index contributed by atoms with van der Waals surface area (Å²) in [5.74, 6) is 0.0408. The zero-order valence-corrected chi connectivity index (χ0v) is 13.1. The second-order valence-electron chi connectivity index (χ2n) is 5.09. The third kappa shape index (κ3) is 5.48. The van der Waals surface area contributed by atoms with Gasteiger partial charge in [0.2, 0.25) is 10.0 Å². The average Bonchev–Trinajstić information content (AvgIpc) is 2.36. The van der Waals surface area contributed by atoms with Gasteiger partial charge < -0.3 is 10.5 Å². The summed E-state index contributed by atoms with van der Waals surface area (Å²) < 4.78 is 32.4. The molecule has 0 fully saturated rings. The highest BCUT2D eigenvalue weighted by Crippen LogP contribution is 2.14. The van der Waals surface area contributed by atoms with Crippen LogP contribution in [0.2, 0.25) is 0 Å². The maximum atomic E-state index is 12.2. The Kier molecular flexibility index (Phi) is 6.45. The molecular formula is C14H24N2O3S. The molecule has 0 aliphatic rings. The first-order chi connectivity index (χ1) is 9.35. The second kappa shape index (κ2) is 7.61. The van der Waals surface area contributed by atoms with Crippen molar-refractivity contribution in [2.75, 3.05) is 18.9 Å². The van der Waals surface area contributed by atoms with Gasteiger partial charge in [0.1, 0.15) is 0 Å². The summed E-state index contributed by atoms with van der Waals surface area (Å²) in [4.78, 5) is 0. The maximum Gasteiger partial charge on any atom is 0.216 e. The minimum absolute atomic E-state index is 0.116. The molecule has 1 rings (SSSR count). The Bertz CT molecular complexity index is 515. The normalized spacial score (nSPS) is 13.6. The number of sulfonamides is 1. The molecule has 1 aromatic rings. The third-order valence-corrected chi connectivity index (χ3v) is 4.39. The molecule has 0 saturated heterocycles. The van der Waals surface area contributed by atoms with Crippen molar-refractivity contribution in [2.24, 2.45) is 5.92 Å². The molecule has 5 nitrogen and oxygen atoms in total. The number of nitrogen functional groups attached to an aromatic ring is 1. The van der Waals surface area contributed by atoms with Gasteiger partial charge in [-0.2, -0.15) is 0 Å². The summed E-state index contributed by atoms with van der Waals surface area (Å²) in [5.41, 5.74) is 6.88. The SMILES string of the molecule is CCOCC(NS(=O)(=O)Cc1ccccc1N)C(C)C. The Balaban J connectivity index is 2.75. The molecule has 0 aliphatic heterocycles. The van der Waals surface area contributed by atoms with Crippen molar-refractivity contribution >= 4 is 15.7 Å². The minimum Gasteiger partial charge on any atom is -0.398 e. The highest BCUT2D eigenvalue weighted by atomic mass is 32.2. The van der Waals surface area contributed by atoms with E-state index in [4.69, 9.17) is 10.5 Å². The third-order valence-electron chi connectivity index (χ3n) is 3.04. The minimum atomic E-state index is -3.44. The second-order valence-corrected chi connectivity index (χ2v) is 6.84. The van der Waals surface area contributed by atoms with E-state index < -0.39 is 10.0 Å². The zero-order chi connectivity index (χ0) is 15.2. The van der Waals surface area contributed by atoms with Gasteiger partial charge in [-0.3, -0.25) is 0 Å². The molecule has 0 spiro atoms. The number of hydrogen-bond donors (Lipinski definition) is 2. The van der Waals surface area contributed by atoms with Crippen LogP contribution in [0.4, 0.5) is 5.69 Å². The molecule has 0 heterocycles. The van der Waals surface area contributed by atoms with Gasteiger partial charge in [0.05, 0.1) is 12.4 Å². The van der Waals surface area contributed by atoms with Gasteiger partial charge in [0.25, 0.3) is 0 Å². The Morgan fingerprint density at radius 1 is 1.30 bits per heavy atom. The monoisotopic (exact) mass is 300 g/mol. The van der Waals surface area contributed by atoms with Gasteiger partial charge in [0.15, 0.2) is 0 Å². The molecule has 1 aromatic carbocycles. The van der Waals surface area contributed by atoms with E-state index in [2.05, 4.69) is 4.72 Å².